The van der Waals surface area contributed by atoms with E-state index in [0.29, 0.717) is 0 Å². The van der Waals surface area contributed by atoms with Crippen LogP contribution in [0, 0.1) is 0 Å². The van der Waals surface area contributed by atoms with Gasteiger partial charge >= 0.3 is 0 Å². The molecular formula is C9H15N3S. The molecule has 3 nitrogen and oxygen atoms in total. The van der Waals surface area contributed by atoms with Crippen LogP contribution >= 0.6 is 11.8 Å². The standard InChI is InChI=1S/C9H15N3S/c1-3-7-10-8(12-11-7)9(2)5-4-6-13-9/h3-6H2,1-2H3,(H,10,11,12). The fourth-order valence-corrected chi connectivity index (χ4v) is 2.89. The van der Waals surface area contributed by atoms with Crippen LogP contribution in [0.3, 0.4) is 0 Å². The van der Waals surface area contributed by atoms with E-state index in [0.717, 1.165) is 18.1 Å². The molecule has 1 fully saturated rings. The van der Waals surface area contributed by atoms with E-state index in [1.165, 1.54) is 18.6 Å². The smallest absolute Gasteiger partial charge is 0.166 e. The summed E-state index contributed by atoms with van der Waals surface area (Å²) in [5.41, 5.74) is 0. The molecule has 1 aliphatic heterocycles. The third-order valence-corrected chi connectivity index (χ3v) is 4.08. The monoisotopic (exact) mass is 197 g/mol. The molecule has 0 aliphatic carbocycles. The van der Waals surface area contributed by atoms with Gasteiger partial charge in [0.1, 0.15) is 5.82 Å². The molecule has 1 aromatic rings. The minimum absolute atomic E-state index is 0.171. The van der Waals surface area contributed by atoms with Gasteiger partial charge in [-0.15, -0.1) is 11.8 Å². The van der Waals surface area contributed by atoms with Crippen molar-refractivity contribution in [3.05, 3.63) is 11.6 Å². The molecule has 0 bridgehead atoms. The number of thioether (sulfide) groups is 1. The van der Waals surface area contributed by atoms with Gasteiger partial charge in [-0.3, -0.25) is 5.10 Å². The highest BCUT2D eigenvalue weighted by molar-refractivity contribution is 8.00. The van der Waals surface area contributed by atoms with Crippen LogP contribution in [0.1, 0.15) is 38.3 Å². The molecule has 1 unspecified atom stereocenters. The van der Waals surface area contributed by atoms with Gasteiger partial charge in [-0.2, -0.15) is 5.10 Å². The molecule has 2 rings (SSSR count). The van der Waals surface area contributed by atoms with Crippen LogP contribution in [0.5, 0.6) is 0 Å². The zero-order chi connectivity index (χ0) is 9.31. The van der Waals surface area contributed by atoms with Crippen LogP contribution < -0.4 is 0 Å². The number of aryl methyl sites for hydroxylation is 1. The lowest BCUT2D eigenvalue weighted by atomic mass is 10.1. The van der Waals surface area contributed by atoms with Crippen molar-refractivity contribution < 1.29 is 0 Å². The van der Waals surface area contributed by atoms with Crippen molar-refractivity contribution in [2.45, 2.75) is 37.9 Å². The minimum Gasteiger partial charge on any atom is -0.263 e. The third-order valence-electron chi connectivity index (χ3n) is 2.56. The molecule has 1 atom stereocenters. The number of hydrogen-bond acceptors (Lipinski definition) is 3. The van der Waals surface area contributed by atoms with Gasteiger partial charge in [0.25, 0.3) is 0 Å². The van der Waals surface area contributed by atoms with Crippen molar-refractivity contribution in [1.29, 1.82) is 0 Å². The Morgan fingerprint density at radius 3 is 3.00 bits per heavy atom. The van der Waals surface area contributed by atoms with Crippen LogP contribution in [0.15, 0.2) is 0 Å². The Balaban J connectivity index is 2.23. The van der Waals surface area contributed by atoms with Crippen molar-refractivity contribution in [2.24, 2.45) is 0 Å². The topological polar surface area (TPSA) is 41.6 Å². The summed E-state index contributed by atoms with van der Waals surface area (Å²) in [7, 11) is 0. The zero-order valence-corrected chi connectivity index (χ0v) is 8.95. The number of nitrogens with zero attached hydrogens (tertiary/aromatic N) is 2. The Morgan fingerprint density at radius 2 is 2.46 bits per heavy atom. The number of nitrogens with one attached hydrogen (secondary N) is 1. The summed E-state index contributed by atoms with van der Waals surface area (Å²) < 4.78 is 0.171. The summed E-state index contributed by atoms with van der Waals surface area (Å²) >= 11 is 1.98. The maximum atomic E-state index is 4.50. The first kappa shape index (κ1) is 9.06. The number of aromatic nitrogens is 3. The van der Waals surface area contributed by atoms with Crippen molar-refractivity contribution in [3.8, 4) is 0 Å². The number of H-pyrrole nitrogens is 1. The van der Waals surface area contributed by atoms with Crippen LogP contribution in [-0.2, 0) is 11.2 Å². The van der Waals surface area contributed by atoms with Crippen LogP contribution in [-0.4, -0.2) is 20.9 Å². The predicted octanol–water partition coefficient (Wildman–Crippen LogP) is 2.11. The van der Waals surface area contributed by atoms with Crippen molar-refractivity contribution in [2.75, 3.05) is 5.75 Å². The average Bonchev–Trinajstić information content (AvgIpc) is 2.72. The van der Waals surface area contributed by atoms with Gasteiger partial charge in [0.05, 0.1) is 4.75 Å². The van der Waals surface area contributed by atoms with Gasteiger partial charge in [0.15, 0.2) is 5.82 Å². The molecule has 1 aliphatic rings. The lowest BCUT2D eigenvalue weighted by Gasteiger charge is -2.17. The molecule has 0 aromatic carbocycles. The highest BCUT2D eigenvalue weighted by Crippen LogP contribution is 2.44. The van der Waals surface area contributed by atoms with Gasteiger partial charge < -0.3 is 0 Å². The molecule has 13 heavy (non-hydrogen) atoms. The summed E-state index contributed by atoms with van der Waals surface area (Å²) in [6.45, 7) is 4.34. The van der Waals surface area contributed by atoms with Crippen molar-refractivity contribution in [3.63, 3.8) is 0 Å². The maximum absolute atomic E-state index is 4.50. The van der Waals surface area contributed by atoms with Gasteiger partial charge in [0.2, 0.25) is 0 Å². The average molecular weight is 197 g/mol. The van der Waals surface area contributed by atoms with E-state index in [4.69, 9.17) is 0 Å². The SMILES string of the molecule is CCc1nc(C2(C)CCCS2)n[nH]1. The molecule has 4 heteroatoms. The first-order valence-corrected chi connectivity index (χ1v) is 5.79. The van der Waals surface area contributed by atoms with Crippen LogP contribution in [0.2, 0.25) is 0 Å². The van der Waals surface area contributed by atoms with Gasteiger partial charge in [0, 0.05) is 6.42 Å². The second-order valence-corrected chi connectivity index (χ2v) is 5.24. The Bertz CT molecular complexity index is 289. The lowest BCUT2D eigenvalue weighted by Crippen LogP contribution is -2.14. The third kappa shape index (κ3) is 1.59. The van der Waals surface area contributed by atoms with Gasteiger partial charge in [-0.25, -0.2) is 4.98 Å². The second-order valence-electron chi connectivity index (χ2n) is 3.64. The van der Waals surface area contributed by atoms with Crippen molar-refractivity contribution >= 4 is 11.8 Å². The Hall–Kier alpha value is -0.510. The Labute approximate surface area is 82.7 Å². The maximum Gasteiger partial charge on any atom is 0.166 e. The van der Waals surface area contributed by atoms with E-state index in [9.17, 15) is 0 Å². The number of hydrogen-bond donors (Lipinski definition) is 1. The predicted molar refractivity (Wildman–Crippen MR) is 54.8 cm³/mol. The van der Waals surface area contributed by atoms with Crippen molar-refractivity contribution in [1.82, 2.24) is 15.2 Å². The molecule has 0 spiro atoms. The molecule has 72 valence electrons. The summed E-state index contributed by atoms with van der Waals surface area (Å²) in [4.78, 5) is 4.50. The molecule has 1 N–H and O–H groups in total. The van der Waals surface area contributed by atoms with Gasteiger partial charge in [-0.05, 0) is 25.5 Å². The van der Waals surface area contributed by atoms with Crippen LogP contribution in [0.4, 0.5) is 0 Å². The lowest BCUT2D eigenvalue weighted by molar-refractivity contribution is 0.607. The Morgan fingerprint density at radius 1 is 1.62 bits per heavy atom. The molecule has 0 amide bonds. The molecule has 1 aromatic heterocycles. The summed E-state index contributed by atoms with van der Waals surface area (Å²) in [6.07, 6.45) is 3.43. The van der Waals surface area contributed by atoms with E-state index in [1.54, 1.807) is 0 Å². The molecule has 0 radical (unpaired) electrons. The molecule has 0 saturated carbocycles. The number of rotatable bonds is 2. The zero-order valence-electron chi connectivity index (χ0n) is 8.13. The first-order valence-electron chi connectivity index (χ1n) is 4.80. The second kappa shape index (κ2) is 3.33. The fourth-order valence-electron chi connectivity index (χ4n) is 1.65. The van der Waals surface area contributed by atoms with E-state index in [2.05, 4.69) is 29.0 Å². The Kier molecular flexibility index (Phi) is 2.32. The molecule has 1 saturated heterocycles. The fraction of sp³-hybridized carbons (Fsp3) is 0.778. The minimum atomic E-state index is 0.171. The van der Waals surface area contributed by atoms with E-state index in [-0.39, 0.29) is 4.75 Å². The molecule has 2 heterocycles. The normalized spacial score (nSPS) is 28.2. The van der Waals surface area contributed by atoms with Gasteiger partial charge in [-0.1, -0.05) is 6.92 Å². The highest BCUT2D eigenvalue weighted by atomic mass is 32.2. The van der Waals surface area contributed by atoms with Crippen LogP contribution in [0.25, 0.3) is 0 Å². The largest absolute Gasteiger partial charge is 0.263 e. The summed E-state index contributed by atoms with van der Waals surface area (Å²) in [6, 6.07) is 0. The summed E-state index contributed by atoms with van der Waals surface area (Å²) in [5.74, 6) is 3.24. The number of aromatic amines is 1. The molecular weight excluding hydrogens is 182 g/mol. The first-order chi connectivity index (χ1) is 6.24. The highest BCUT2D eigenvalue weighted by Gasteiger charge is 2.35. The van der Waals surface area contributed by atoms with E-state index >= 15 is 0 Å². The summed E-state index contributed by atoms with van der Waals surface area (Å²) in [5, 5.41) is 7.27. The van der Waals surface area contributed by atoms with E-state index in [1.807, 2.05) is 11.8 Å². The quantitative estimate of drug-likeness (QED) is 0.789. The van der Waals surface area contributed by atoms with E-state index < -0.39 is 0 Å².